The molecule has 0 fully saturated rings. The van der Waals surface area contributed by atoms with Crippen molar-refractivity contribution in [2.45, 2.75) is 0 Å². The van der Waals surface area contributed by atoms with Crippen LogP contribution >= 0.6 is 0 Å². The zero-order valence-electron chi connectivity index (χ0n) is 7.21. The quantitative estimate of drug-likeness (QED) is 0.616. The minimum Gasteiger partial charge on any atom is -0.508 e. The van der Waals surface area contributed by atoms with Gasteiger partial charge >= 0.3 is 5.97 Å². The van der Waals surface area contributed by atoms with E-state index < -0.39 is 5.97 Å². The lowest BCUT2D eigenvalue weighted by atomic mass is 10.2. The molecule has 1 aromatic rings. The molecule has 0 atom stereocenters. The summed E-state index contributed by atoms with van der Waals surface area (Å²) >= 11 is 0. The molecule has 0 bridgehead atoms. The molecule has 5 nitrogen and oxygen atoms in total. The van der Waals surface area contributed by atoms with E-state index in [2.05, 4.69) is 4.99 Å². The summed E-state index contributed by atoms with van der Waals surface area (Å²) in [7, 11) is 0. The lowest BCUT2D eigenvalue weighted by Crippen LogP contribution is -1.99. The summed E-state index contributed by atoms with van der Waals surface area (Å²) in [6.45, 7) is -0.347. The van der Waals surface area contributed by atoms with Crippen LogP contribution in [0.1, 0.15) is 5.56 Å². The third-order valence-electron chi connectivity index (χ3n) is 1.47. The molecular formula is C9H9NO4. The molecule has 0 radical (unpaired) electrons. The van der Waals surface area contributed by atoms with Gasteiger partial charge in [0, 0.05) is 17.8 Å². The van der Waals surface area contributed by atoms with E-state index in [4.69, 9.17) is 10.2 Å². The Morgan fingerprint density at radius 2 is 2.14 bits per heavy atom. The molecule has 0 unspecified atom stereocenters. The largest absolute Gasteiger partial charge is 0.508 e. The number of aromatic hydroxyl groups is 2. The number of carboxylic acid groups (broad SMARTS) is 1. The van der Waals surface area contributed by atoms with Crippen LogP contribution in [0.3, 0.4) is 0 Å². The van der Waals surface area contributed by atoms with Crippen molar-refractivity contribution >= 4 is 12.2 Å². The van der Waals surface area contributed by atoms with Gasteiger partial charge in [-0.3, -0.25) is 9.79 Å². The summed E-state index contributed by atoms with van der Waals surface area (Å²) in [5, 5.41) is 26.5. The number of benzene rings is 1. The molecule has 1 aromatic carbocycles. The van der Waals surface area contributed by atoms with E-state index >= 15 is 0 Å². The molecule has 1 rings (SSSR count). The van der Waals surface area contributed by atoms with E-state index in [1.165, 1.54) is 18.3 Å². The fraction of sp³-hybridized carbons (Fsp3) is 0.111. The first-order valence-electron chi connectivity index (χ1n) is 3.83. The topological polar surface area (TPSA) is 90.1 Å². The number of hydrogen-bond donors (Lipinski definition) is 3. The van der Waals surface area contributed by atoms with Gasteiger partial charge in [-0.25, -0.2) is 0 Å². The van der Waals surface area contributed by atoms with Gasteiger partial charge in [0.2, 0.25) is 0 Å². The molecule has 14 heavy (non-hydrogen) atoms. The van der Waals surface area contributed by atoms with Crippen LogP contribution in [0, 0.1) is 0 Å². The van der Waals surface area contributed by atoms with Crippen molar-refractivity contribution < 1.29 is 20.1 Å². The second-order valence-electron chi connectivity index (χ2n) is 2.61. The predicted molar refractivity (Wildman–Crippen MR) is 49.9 cm³/mol. The SMILES string of the molecule is O=C(O)CN=Cc1ccc(O)cc1O. The first kappa shape index (κ1) is 10.0. The second-order valence-corrected chi connectivity index (χ2v) is 2.61. The summed E-state index contributed by atoms with van der Waals surface area (Å²) in [6.07, 6.45) is 1.24. The van der Waals surface area contributed by atoms with Gasteiger partial charge in [-0.2, -0.15) is 0 Å². The monoisotopic (exact) mass is 195 g/mol. The van der Waals surface area contributed by atoms with Crippen molar-refractivity contribution in [1.82, 2.24) is 0 Å². The summed E-state index contributed by atoms with van der Waals surface area (Å²) in [6, 6.07) is 3.97. The zero-order chi connectivity index (χ0) is 10.6. The highest BCUT2D eigenvalue weighted by atomic mass is 16.4. The van der Waals surface area contributed by atoms with Gasteiger partial charge in [0.15, 0.2) is 0 Å². The Morgan fingerprint density at radius 1 is 1.43 bits per heavy atom. The van der Waals surface area contributed by atoms with Crippen LogP contribution in [0.25, 0.3) is 0 Å². The Kier molecular flexibility index (Phi) is 3.06. The number of nitrogens with zero attached hydrogens (tertiary/aromatic N) is 1. The zero-order valence-corrected chi connectivity index (χ0v) is 7.21. The van der Waals surface area contributed by atoms with Crippen LogP contribution < -0.4 is 0 Å². The highest BCUT2D eigenvalue weighted by molar-refractivity contribution is 5.85. The Balaban J connectivity index is 2.76. The lowest BCUT2D eigenvalue weighted by Gasteiger charge is -1.98. The third kappa shape index (κ3) is 2.78. The van der Waals surface area contributed by atoms with Crippen LogP contribution in [0.5, 0.6) is 11.5 Å². The summed E-state index contributed by atoms with van der Waals surface area (Å²) in [4.78, 5) is 13.7. The van der Waals surface area contributed by atoms with Gasteiger partial charge in [0.05, 0.1) is 0 Å². The van der Waals surface area contributed by atoms with E-state index in [0.717, 1.165) is 6.07 Å². The molecule has 0 spiro atoms. The van der Waals surface area contributed by atoms with E-state index in [1.807, 2.05) is 0 Å². The standard InChI is InChI=1S/C9H9NO4/c11-7-2-1-6(8(12)3-7)4-10-5-9(13)14/h1-4,11-12H,5H2,(H,13,14). The predicted octanol–water partition coefficient (Wildman–Crippen LogP) is 0.601. The molecule has 0 saturated carbocycles. The van der Waals surface area contributed by atoms with Crippen molar-refractivity contribution in [2.24, 2.45) is 4.99 Å². The van der Waals surface area contributed by atoms with E-state index in [1.54, 1.807) is 0 Å². The molecule has 0 aliphatic rings. The molecule has 0 aliphatic carbocycles. The molecule has 0 aliphatic heterocycles. The van der Waals surface area contributed by atoms with E-state index in [-0.39, 0.29) is 18.0 Å². The summed E-state index contributed by atoms with van der Waals surface area (Å²) < 4.78 is 0. The molecule has 74 valence electrons. The first-order valence-corrected chi connectivity index (χ1v) is 3.83. The van der Waals surface area contributed by atoms with E-state index in [9.17, 15) is 9.90 Å². The molecular weight excluding hydrogens is 186 g/mol. The normalized spacial score (nSPS) is 10.6. The first-order chi connectivity index (χ1) is 6.59. The summed E-state index contributed by atoms with van der Waals surface area (Å²) in [5.74, 6) is -1.24. The van der Waals surface area contributed by atoms with E-state index in [0.29, 0.717) is 5.56 Å². The Labute approximate surface area is 80.0 Å². The lowest BCUT2D eigenvalue weighted by molar-refractivity contribution is -0.135. The number of hydrogen-bond acceptors (Lipinski definition) is 4. The highest BCUT2D eigenvalue weighted by Gasteiger charge is 1.99. The Bertz CT molecular complexity index is 373. The molecule has 5 heteroatoms. The molecule has 0 saturated heterocycles. The van der Waals surface area contributed by atoms with Gasteiger partial charge in [-0.1, -0.05) is 0 Å². The maximum absolute atomic E-state index is 10.1. The highest BCUT2D eigenvalue weighted by Crippen LogP contribution is 2.20. The number of phenols is 2. The third-order valence-corrected chi connectivity index (χ3v) is 1.47. The number of rotatable bonds is 3. The smallest absolute Gasteiger partial charge is 0.325 e. The van der Waals surface area contributed by atoms with Crippen molar-refractivity contribution in [3.63, 3.8) is 0 Å². The average Bonchev–Trinajstić information content (AvgIpc) is 2.08. The van der Waals surface area contributed by atoms with Gasteiger partial charge in [-0.05, 0) is 12.1 Å². The van der Waals surface area contributed by atoms with Crippen LogP contribution in [0.15, 0.2) is 23.2 Å². The fourth-order valence-corrected chi connectivity index (χ4v) is 0.863. The number of phenolic OH excluding ortho intramolecular Hbond substituents is 2. The number of carboxylic acids is 1. The minimum atomic E-state index is -1.04. The van der Waals surface area contributed by atoms with Crippen molar-refractivity contribution in [2.75, 3.05) is 6.54 Å². The Morgan fingerprint density at radius 3 is 2.71 bits per heavy atom. The van der Waals surface area contributed by atoms with Gasteiger partial charge in [0.25, 0.3) is 0 Å². The number of aliphatic imine (C=N–C) groups is 1. The van der Waals surface area contributed by atoms with Gasteiger partial charge in [-0.15, -0.1) is 0 Å². The number of carbonyl (C=O) groups is 1. The van der Waals surface area contributed by atoms with Crippen molar-refractivity contribution in [3.05, 3.63) is 23.8 Å². The molecule has 3 N–H and O–H groups in total. The molecule has 0 aromatic heterocycles. The van der Waals surface area contributed by atoms with Crippen LogP contribution in [-0.2, 0) is 4.79 Å². The van der Waals surface area contributed by atoms with Crippen molar-refractivity contribution in [3.8, 4) is 11.5 Å². The number of aliphatic carboxylic acids is 1. The van der Waals surface area contributed by atoms with Gasteiger partial charge in [0.1, 0.15) is 18.0 Å². The van der Waals surface area contributed by atoms with Crippen LogP contribution in [0.4, 0.5) is 0 Å². The Hall–Kier alpha value is -2.04. The van der Waals surface area contributed by atoms with Crippen LogP contribution in [0.2, 0.25) is 0 Å². The average molecular weight is 195 g/mol. The second kappa shape index (κ2) is 4.27. The fourth-order valence-electron chi connectivity index (χ4n) is 0.863. The maximum Gasteiger partial charge on any atom is 0.325 e. The van der Waals surface area contributed by atoms with Gasteiger partial charge < -0.3 is 15.3 Å². The maximum atomic E-state index is 10.1. The molecule has 0 heterocycles. The summed E-state index contributed by atoms with van der Waals surface area (Å²) in [5.41, 5.74) is 0.365. The van der Waals surface area contributed by atoms with Crippen LogP contribution in [-0.4, -0.2) is 34.0 Å². The minimum absolute atomic E-state index is 0.0575. The van der Waals surface area contributed by atoms with Crippen molar-refractivity contribution in [1.29, 1.82) is 0 Å². The molecule has 0 amide bonds.